The number of nitrogens with one attached hydrogen (secondary N) is 1. The average molecular weight is 251 g/mol. The second-order valence-electron chi connectivity index (χ2n) is 5.74. The van der Waals surface area contributed by atoms with Gasteiger partial charge in [-0.15, -0.1) is 0 Å². The highest BCUT2D eigenvalue weighted by molar-refractivity contribution is 5.03. The summed E-state index contributed by atoms with van der Waals surface area (Å²) in [5, 5.41) is 7.70. The zero-order valence-corrected chi connectivity index (χ0v) is 11.8. The Hall–Kier alpha value is -0.900. The zero-order valence-electron chi connectivity index (χ0n) is 11.8. The van der Waals surface area contributed by atoms with E-state index in [1.807, 2.05) is 0 Å². The van der Waals surface area contributed by atoms with Gasteiger partial charge in [0, 0.05) is 12.5 Å². The molecule has 2 rings (SSSR count). The molecule has 0 spiro atoms. The highest BCUT2D eigenvalue weighted by Gasteiger charge is 2.32. The molecule has 102 valence electrons. The van der Waals surface area contributed by atoms with Crippen LogP contribution in [0, 0.1) is 5.92 Å². The Morgan fingerprint density at radius 2 is 2.22 bits per heavy atom. The number of aromatic nitrogens is 2. The summed E-state index contributed by atoms with van der Waals surface area (Å²) in [6, 6.07) is 0.525. The van der Waals surface area contributed by atoms with Gasteiger partial charge in [0.05, 0.1) is 5.92 Å². The van der Waals surface area contributed by atoms with Crippen molar-refractivity contribution in [3.05, 3.63) is 11.7 Å². The molecule has 1 fully saturated rings. The highest BCUT2D eigenvalue weighted by Crippen LogP contribution is 2.33. The van der Waals surface area contributed by atoms with Gasteiger partial charge in [-0.05, 0) is 31.7 Å². The topological polar surface area (TPSA) is 51.0 Å². The molecule has 18 heavy (non-hydrogen) atoms. The lowest BCUT2D eigenvalue weighted by Crippen LogP contribution is -2.31. The lowest BCUT2D eigenvalue weighted by atomic mass is 10.0. The van der Waals surface area contributed by atoms with E-state index in [2.05, 4.69) is 36.2 Å². The molecule has 1 heterocycles. The van der Waals surface area contributed by atoms with Gasteiger partial charge in [-0.3, -0.25) is 0 Å². The third kappa shape index (κ3) is 3.31. The third-order valence-electron chi connectivity index (χ3n) is 3.56. The molecule has 1 aromatic heterocycles. The summed E-state index contributed by atoms with van der Waals surface area (Å²) in [5.41, 5.74) is 0. The fourth-order valence-corrected chi connectivity index (χ4v) is 2.70. The van der Waals surface area contributed by atoms with Gasteiger partial charge in [-0.2, -0.15) is 4.98 Å². The van der Waals surface area contributed by atoms with E-state index in [4.69, 9.17) is 4.52 Å². The molecule has 4 nitrogen and oxygen atoms in total. The van der Waals surface area contributed by atoms with Gasteiger partial charge in [0.1, 0.15) is 0 Å². The quantitative estimate of drug-likeness (QED) is 0.844. The van der Waals surface area contributed by atoms with Gasteiger partial charge >= 0.3 is 0 Å². The van der Waals surface area contributed by atoms with Crippen molar-refractivity contribution < 1.29 is 4.52 Å². The first-order chi connectivity index (χ1) is 8.70. The summed E-state index contributed by atoms with van der Waals surface area (Å²) in [7, 11) is 0. The molecule has 4 heteroatoms. The Labute approximate surface area is 110 Å². The summed E-state index contributed by atoms with van der Waals surface area (Å²) in [6.45, 7) is 7.63. The van der Waals surface area contributed by atoms with Crippen molar-refractivity contribution in [3.63, 3.8) is 0 Å². The fraction of sp³-hybridized carbons (Fsp3) is 0.857. The van der Waals surface area contributed by atoms with Crippen LogP contribution in [0.2, 0.25) is 0 Å². The summed E-state index contributed by atoms with van der Waals surface area (Å²) >= 11 is 0. The number of nitrogens with zero attached hydrogens (tertiary/aromatic N) is 2. The Balaban J connectivity index is 1.98. The van der Waals surface area contributed by atoms with Crippen molar-refractivity contribution in [2.45, 2.75) is 64.8 Å². The van der Waals surface area contributed by atoms with E-state index >= 15 is 0 Å². The molecule has 1 saturated carbocycles. The van der Waals surface area contributed by atoms with E-state index in [1.54, 1.807) is 0 Å². The molecule has 0 bridgehead atoms. The van der Waals surface area contributed by atoms with Gasteiger partial charge in [0.2, 0.25) is 5.89 Å². The molecular weight excluding hydrogens is 226 g/mol. The molecule has 1 aliphatic rings. The van der Waals surface area contributed by atoms with Crippen molar-refractivity contribution in [2.24, 2.45) is 5.92 Å². The van der Waals surface area contributed by atoms with Crippen molar-refractivity contribution in [3.8, 4) is 0 Å². The molecule has 2 unspecified atom stereocenters. The molecule has 0 radical (unpaired) electrons. The monoisotopic (exact) mass is 251 g/mol. The van der Waals surface area contributed by atoms with E-state index in [0.717, 1.165) is 24.7 Å². The van der Waals surface area contributed by atoms with Gasteiger partial charge in [0.15, 0.2) is 5.82 Å². The van der Waals surface area contributed by atoms with Crippen LogP contribution in [0.4, 0.5) is 0 Å². The zero-order chi connectivity index (χ0) is 13.0. The van der Waals surface area contributed by atoms with E-state index in [0.29, 0.717) is 17.9 Å². The van der Waals surface area contributed by atoms with Crippen LogP contribution in [-0.2, 0) is 6.42 Å². The van der Waals surface area contributed by atoms with E-state index < -0.39 is 0 Å². The van der Waals surface area contributed by atoms with Crippen molar-refractivity contribution in [1.82, 2.24) is 15.5 Å². The molecular formula is C14H25N3O. The van der Waals surface area contributed by atoms with Crippen LogP contribution in [-0.4, -0.2) is 22.7 Å². The van der Waals surface area contributed by atoms with Gasteiger partial charge in [0.25, 0.3) is 0 Å². The standard InChI is InChI=1S/C14H25N3O/c1-4-8-15-12-7-5-6-11(12)14-16-13(17-18-14)9-10(2)3/h10-12,15H,4-9H2,1-3H3. The molecule has 0 aromatic carbocycles. The molecule has 0 saturated heterocycles. The summed E-state index contributed by atoms with van der Waals surface area (Å²) in [5.74, 6) is 2.70. The number of hydrogen-bond acceptors (Lipinski definition) is 4. The fourth-order valence-electron chi connectivity index (χ4n) is 2.70. The normalized spacial score (nSPS) is 24.0. The molecule has 2 atom stereocenters. The maximum Gasteiger partial charge on any atom is 0.231 e. The first kappa shape index (κ1) is 13.5. The lowest BCUT2D eigenvalue weighted by molar-refractivity contribution is 0.327. The summed E-state index contributed by atoms with van der Waals surface area (Å²) < 4.78 is 5.46. The van der Waals surface area contributed by atoms with E-state index in [1.165, 1.54) is 25.7 Å². The molecule has 1 aliphatic carbocycles. The Morgan fingerprint density at radius 1 is 1.39 bits per heavy atom. The first-order valence-corrected chi connectivity index (χ1v) is 7.26. The SMILES string of the molecule is CCCNC1CCCC1c1nc(CC(C)C)no1. The second kappa shape index (κ2) is 6.32. The number of rotatable bonds is 6. The first-order valence-electron chi connectivity index (χ1n) is 7.26. The van der Waals surface area contributed by atoms with Crippen LogP contribution in [0.1, 0.15) is 64.1 Å². The molecule has 0 aliphatic heterocycles. The maximum absolute atomic E-state index is 5.46. The summed E-state index contributed by atoms with van der Waals surface area (Å²) in [4.78, 5) is 4.57. The van der Waals surface area contributed by atoms with Gasteiger partial charge < -0.3 is 9.84 Å². The summed E-state index contributed by atoms with van der Waals surface area (Å²) in [6.07, 6.45) is 5.74. The van der Waals surface area contributed by atoms with Gasteiger partial charge in [-0.25, -0.2) is 0 Å². The van der Waals surface area contributed by atoms with Crippen LogP contribution in [0.25, 0.3) is 0 Å². The molecule has 1 aromatic rings. The van der Waals surface area contributed by atoms with E-state index in [9.17, 15) is 0 Å². The average Bonchev–Trinajstić information content (AvgIpc) is 2.93. The Kier molecular flexibility index (Phi) is 4.75. The van der Waals surface area contributed by atoms with Crippen molar-refractivity contribution >= 4 is 0 Å². The Bertz CT molecular complexity index is 362. The highest BCUT2D eigenvalue weighted by atomic mass is 16.5. The minimum Gasteiger partial charge on any atom is -0.339 e. The minimum absolute atomic E-state index is 0.421. The van der Waals surface area contributed by atoms with Crippen molar-refractivity contribution in [2.75, 3.05) is 6.54 Å². The second-order valence-corrected chi connectivity index (χ2v) is 5.74. The smallest absolute Gasteiger partial charge is 0.231 e. The van der Waals surface area contributed by atoms with Crippen LogP contribution in [0.15, 0.2) is 4.52 Å². The predicted molar refractivity (Wildman–Crippen MR) is 71.5 cm³/mol. The van der Waals surface area contributed by atoms with Crippen LogP contribution >= 0.6 is 0 Å². The Morgan fingerprint density at radius 3 is 2.94 bits per heavy atom. The minimum atomic E-state index is 0.421. The maximum atomic E-state index is 5.46. The van der Waals surface area contributed by atoms with Crippen molar-refractivity contribution in [1.29, 1.82) is 0 Å². The van der Waals surface area contributed by atoms with E-state index in [-0.39, 0.29) is 0 Å². The number of hydrogen-bond donors (Lipinski definition) is 1. The van der Waals surface area contributed by atoms with Crippen LogP contribution < -0.4 is 5.32 Å². The van der Waals surface area contributed by atoms with Crippen LogP contribution in [0.3, 0.4) is 0 Å². The molecule has 1 N–H and O–H groups in total. The predicted octanol–water partition coefficient (Wildman–Crippen LogP) is 2.90. The third-order valence-corrected chi connectivity index (χ3v) is 3.56. The molecule has 0 amide bonds. The van der Waals surface area contributed by atoms with Gasteiger partial charge in [-0.1, -0.05) is 32.3 Å². The lowest BCUT2D eigenvalue weighted by Gasteiger charge is -2.17. The largest absolute Gasteiger partial charge is 0.339 e. The van der Waals surface area contributed by atoms with Crippen LogP contribution in [0.5, 0.6) is 0 Å².